The van der Waals surface area contributed by atoms with Crippen LogP contribution in [-0.2, 0) is 19.6 Å². The summed E-state index contributed by atoms with van der Waals surface area (Å²) in [5.41, 5.74) is 0. The first-order valence-corrected chi connectivity index (χ1v) is 7.76. The normalized spacial score (nSPS) is 31.6. The molecule has 7 heteroatoms. The highest BCUT2D eigenvalue weighted by molar-refractivity contribution is 7.89. The SMILES string of the molecule is CC1C(C(=O)O)CCN1S(=O)(=O)C1CCOCC1. The zero-order valence-corrected chi connectivity index (χ0v) is 11.2. The fourth-order valence-electron chi connectivity index (χ4n) is 2.77. The van der Waals surface area contributed by atoms with Gasteiger partial charge in [0.15, 0.2) is 0 Å². The number of hydrogen-bond acceptors (Lipinski definition) is 4. The Morgan fingerprint density at radius 2 is 1.89 bits per heavy atom. The van der Waals surface area contributed by atoms with Gasteiger partial charge in [0.25, 0.3) is 0 Å². The molecule has 0 saturated carbocycles. The maximum absolute atomic E-state index is 12.4. The van der Waals surface area contributed by atoms with Gasteiger partial charge in [-0.1, -0.05) is 0 Å². The maximum Gasteiger partial charge on any atom is 0.308 e. The predicted molar refractivity (Wildman–Crippen MR) is 64.7 cm³/mol. The Kier molecular flexibility index (Phi) is 3.93. The lowest BCUT2D eigenvalue weighted by atomic mass is 10.0. The molecule has 2 aliphatic rings. The van der Waals surface area contributed by atoms with Crippen molar-refractivity contribution in [1.82, 2.24) is 4.31 Å². The van der Waals surface area contributed by atoms with Crippen molar-refractivity contribution >= 4 is 16.0 Å². The average Bonchev–Trinajstić information content (AvgIpc) is 2.73. The summed E-state index contributed by atoms with van der Waals surface area (Å²) >= 11 is 0. The van der Waals surface area contributed by atoms with Gasteiger partial charge in [0.2, 0.25) is 10.0 Å². The first-order valence-electron chi connectivity index (χ1n) is 6.26. The van der Waals surface area contributed by atoms with Crippen molar-refractivity contribution in [2.45, 2.75) is 37.5 Å². The molecule has 2 rings (SSSR count). The number of nitrogens with zero attached hydrogens (tertiary/aromatic N) is 1. The molecule has 0 aromatic carbocycles. The molecule has 1 N–H and O–H groups in total. The van der Waals surface area contributed by atoms with Crippen molar-refractivity contribution < 1.29 is 23.1 Å². The molecule has 0 aromatic heterocycles. The Bertz CT molecular complexity index is 415. The fraction of sp³-hybridized carbons (Fsp3) is 0.909. The molecule has 18 heavy (non-hydrogen) atoms. The van der Waals surface area contributed by atoms with E-state index in [1.807, 2.05) is 0 Å². The minimum atomic E-state index is -3.39. The summed E-state index contributed by atoms with van der Waals surface area (Å²) in [5, 5.41) is 8.62. The van der Waals surface area contributed by atoms with Gasteiger partial charge in [-0.3, -0.25) is 4.79 Å². The van der Waals surface area contributed by atoms with Crippen LogP contribution in [0.15, 0.2) is 0 Å². The summed E-state index contributed by atoms with van der Waals surface area (Å²) < 4.78 is 31.4. The highest BCUT2D eigenvalue weighted by Gasteiger charge is 2.44. The van der Waals surface area contributed by atoms with Crippen molar-refractivity contribution in [2.75, 3.05) is 19.8 Å². The molecule has 0 bridgehead atoms. The zero-order valence-electron chi connectivity index (χ0n) is 10.4. The number of sulfonamides is 1. The minimum Gasteiger partial charge on any atom is -0.481 e. The summed E-state index contributed by atoms with van der Waals surface area (Å²) in [5.74, 6) is -1.49. The molecule has 2 saturated heterocycles. The second-order valence-electron chi connectivity index (χ2n) is 4.94. The molecule has 2 heterocycles. The Labute approximate surface area is 107 Å². The van der Waals surface area contributed by atoms with Gasteiger partial charge in [-0.2, -0.15) is 4.31 Å². The van der Waals surface area contributed by atoms with Gasteiger partial charge in [0.1, 0.15) is 0 Å². The second-order valence-corrected chi connectivity index (χ2v) is 7.11. The molecule has 2 atom stereocenters. The number of rotatable bonds is 3. The van der Waals surface area contributed by atoms with E-state index in [0.29, 0.717) is 39.0 Å². The maximum atomic E-state index is 12.4. The summed E-state index contributed by atoms with van der Waals surface area (Å²) in [4.78, 5) is 11.0. The molecule has 6 nitrogen and oxygen atoms in total. The summed E-state index contributed by atoms with van der Waals surface area (Å²) in [6.45, 7) is 2.93. The molecular weight excluding hydrogens is 258 g/mol. The number of hydrogen-bond donors (Lipinski definition) is 1. The van der Waals surface area contributed by atoms with E-state index in [0.717, 1.165) is 0 Å². The van der Waals surface area contributed by atoms with E-state index in [-0.39, 0.29) is 0 Å². The molecule has 2 fully saturated rings. The van der Waals surface area contributed by atoms with E-state index in [9.17, 15) is 13.2 Å². The topological polar surface area (TPSA) is 83.9 Å². The van der Waals surface area contributed by atoms with Crippen LogP contribution in [0.4, 0.5) is 0 Å². The third kappa shape index (κ3) is 2.39. The lowest BCUT2D eigenvalue weighted by molar-refractivity contribution is -0.142. The van der Waals surface area contributed by atoms with Gasteiger partial charge in [0.05, 0.1) is 11.2 Å². The lowest BCUT2D eigenvalue weighted by Crippen LogP contribution is -2.44. The van der Waals surface area contributed by atoms with Crippen molar-refractivity contribution in [3.63, 3.8) is 0 Å². The Balaban J connectivity index is 2.13. The molecule has 2 unspecified atom stereocenters. The highest BCUT2D eigenvalue weighted by Crippen LogP contribution is 2.31. The van der Waals surface area contributed by atoms with E-state index in [1.165, 1.54) is 4.31 Å². The standard InChI is InChI=1S/C11H19NO5S/c1-8-10(11(13)14)2-5-12(8)18(15,16)9-3-6-17-7-4-9/h8-10H,2-7H2,1H3,(H,13,14). The fourth-order valence-corrected chi connectivity index (χ4v) is 4.91. The van der Waals surface area contributed by atoms with Crippen LogP contribution in [0, 0.1) is 5.92 Å². The van der Waals surface area contributed by atoms with Crippen LogP contribution >= 0.6 is 0 Å². The van der Waals surface area contributed by atoms with Crippen molar-refractivity contribution in [3.05, 3.63) is 0 Å². The summed E-state index contributed by atoms with van der Waals surface area (Å²) in [7, 11) is -3.39. The number of carboxylic acids is 1. The largest absolute Gasteiger partial charge is 0.481 e. The van der Waals surface area contributed by atoms with Gasteiger partial charge < -0.3 is 9.84 Å². The third-order valence-electron chi connectivity index (χ3n) is 3.93. The van der Waals surface area contributed by atoms with Crippen molar-refractivity contribution in [1.29, 1.82) is 0 Å². The molecule has 0 radical (unpaired) electrons. The molecule has 104 valence electrons. The average molecular weight is 277 g/mol. The zero-order chi connectivity index (χ0) is 13.3. The lowest BCUT2D eigenvalue weighted by Gasteiger charge is -2.30. The summed E-state index contributed by atoms with van der Waals surface area (Å²) in [6.07, 6.45) is 1.41. The summed E-state index contributed by atoms with van der Waals surface area (Å²) in [6, 6.07) is -0.449. The first-order chi connectivity index (χ1) is 8.44. The van der Waals surface area contributed by atoms with Crippen molar-refractivity contribution in [2.24, 2.45) is 5.92 Å². The number of carbonyl (C=O) groups is 1. The van der Waals surface area contributed by atoms with E-state index >= 15 is 0 Å². The van der Waals surface area contributed by atoms with Gasteiger partial charge in [0, 0.05) is 25.8 Å². The number of ether oxygens (including phenoxy) is 1. The third-order valence-corrected chi connectivity index (χ3v) is 6.41. The molecular formula is C11H19NO5S. The van der Waals surface area contributed by atoms with Crippen LogP contribution in [0.1, 0.15) is 26.2 Å². The van der Waals surface area contributed by atoms with Crippen LogP contribution < -0.4 is 0 Å². The highest BCUT2D eigenvalue weighted by atomic mass is 32.2. The number of aliphatic carboxylic acids is 1. The van der Waals surface area contributed by atoms with Gasteiger partial charge in [-0.25, -0.2) is 8.42 Å². The second kappa shape index (κ2) is 5.14. The molecule has 2 aliphatic heterocycles. The Morgan fingerprint density at radius 3 is 2.39 bits per heavy atom. The Hall–Kier alpha value is -0.660. The Morgan fingerprint density at radius 1 is 1.28 bits per heavy atom. The molecule has 0 aliphatic carbocycles. The molecule has 0 aromatic rings. The molecule has 0 spiro atoms. The van der Waals surface area contributed by atoms with Crippen LogP contribution in [0.5, 0.6) is 0 Å². The van der Waals surface area contributed by atoms with Crippen molar-refractivity contribution in [3.8, 4) is 0 Å². The van der Waals surface area contributed by atoms with Crippen LogP contribution in [0.2, 0.25) is 0 Å². The van der Waals surface area contributed by atoms with E-state index in [2.05, 4.69) is 0 Å². The smallest absolute Gasteiger partial charge is 0.308 e. The first kappa shape index (κ1) is 13.8. The quantitative estimate of drug-likeness (QED) is 0.801. The van der Waals surface area contributed by atoms with E-state index < -0.39 is 33.2 Å². The minimum absolute atomic E-state index is 0.317. The van der Waals surface area contributed by atoms with Gasteiger partial charge >= 0.3 is 5.97 Å². The predicted octanol–water partition coefficient (Wildman–Crippen LogP) is 0.290. The van der Waals surface area contributed by atoms with E-state index in [4.69, 9.17) is 9.84 Å². The van der Waals surface area contributed by atoms with Crippen LogP contribution in [0.3, 0.4) is 0 Å². The number of carboxylic acid groups (broad SMARTS) is 1. The van der Waals surface area contributed by atoms with Gasteiger partial charge in [-0.15, -0.1) is 0 Å². The van der Waals surface area contributed by atoms with Crippen LogP contribution in [0.25, 0.3) is 0 Å². The molecule has 0 amide bonds. The van der Waals surface area contributed by atoms with Gasteiger partial charge in [-0.05, 0) is 26.2 Å². The van der Waals surface area contributed by atoms with Crippen LogP contribution in [-0.4, -0.2) is 54.8 Å². The monoisotopic (exact) mass is 277 g/mol. The van der Waals surface area contributed by atoms with E-state index in [1.54, 1.807) is 6.92 Å².